The molecular weight excluding hydrogens is 1840 g/mol. The van der Waals surface area contributed by atoms with Crippen molar-refractivity contribution in [3.05, 3.63) is 278 Å². The zero-order valence-electron chi connectivity index (χ0n) is 100. The minimum Gasteiger partial charge on any atom is -0.238 e. The summed E-state index contributed by atoms with van der Waals surface area (Å²) < 4.78 is 6.67. The Morgan fingerprint density at radius 2 is 0.393 bits per heavy atom. The van der Waals surface area contributed by atoms with Crippen molar-refractivity contribution in [2.24, 2.45) is 12.5 Å². The van der Waals surface area contributed by atoms with Gasteiger partial charge in [-0.25, -0.2) is 14.0 Å². The van der Waals surface area contributed by atoms with E-state index in [9.17, 15) is 0 Å². The summed E-state index contributed by atoms with van der Waals surface area (Å²) in [4.78, 5) is 5.40. The van der Waals surface area contributed by atoms with Crippen molar-refractivity contribution >= 4 is 66.2 Å². The molecule has 6 aromatic heterocycles. The van der Waals surface area contributed by atoms with Gasteiger partial charge in [-0.2, -0.15) is 15.0 Å². The Morgan fingerprint density at radius 3 is 0.740 bits per heavy atom. The zero-order chi connectivity index (χ0) is 110. The molecule has 0 saturated carbocycles. The van der Waals surface area contributed by atoms with Gasteiger partial charge < -0.3 is 0 Å². The number of rotatable bonds is 7. The molecule has 150 heavy (non-hydrogen) atoms. The van der Waals surface area contributed by atoms with Crippen molar-refractivity contribution < 1.29 is 0 Å². The molecule has 0 N–H and O–H groups in total. The topological polar surface area (TPSA) is 184 Å². The predicted molar refractivity (Wildman–Crippen MR) is 634 cm³/mol. The molecule has 0 amide bonds. The second-order valence-corrected chi connectivity index (χ2v) is 47.4. The van der Waals surface area contributed by atoms with Crippen molar-refractivity contribution in [2.45, 2.75) is 398 Å². The van der Waals surface area contributed by atoms with Crippen LogP contribution in [0.15, 0.2) is 0 Å². The molecule has 2 aliphatic rings. The van der Waals surface area contributed by atoms with E-state index in [0.29, 0.717) is 0 Å². The lowest BCUT2D eigenvalue weighted by atomic mass is 9.74. The van der Waals surface area contributed by atoms with E-state index in [1.807, 2.05) is 16.6 Å². The fourth-order valence-electron chi connectivity index (χ4n) is 26.0. The van der Waals surface area contributed by atoms with Gasteiger partial charge in [0.15, 0.2) is 0 Å². The number of aromatic nitrogens is 18. The van der Waals surface area contributed by atoms with Crippen LogP contribution in [-0.2, 0) is 23.7 Å². The molecule has 6 heterocycles. The molecule has 0 radical (unpaired) electrons. The second-order valence-electron chi connectivity index (χ2n) is 47.4. The van der Waals surface area contributed by atoms with Gasteiger partial charge >= 0.3 is 0 Å². The lowest BCUT2D eigenvalue weighted by Crippen LogP contribution is -2.45. The summed E-state index contributed by atoms with van der Waals surface area (Å²) in [5, 5.41) is 59.6. The molecule has 0 atom stereocenters. The highest BCUT2D eigenvalue weighted by molar-refractivity contribution is 6.03. The lowest BCUT2D eigenvalue weighted by molar-refractivity contribution is 0.127. The van der Waals surface area contributed by atoms with Gasteiger partial charge in [0.05, 0.1) is 33.5 Å². The first-order valence-electron chi connectivity index (χ1n) is 53.4. The van der Waals surface area contributed by atoms with Crippen molar-refractivity contribution in [3.8, 4) is 55.9 Å². The number of hydrogen-bond donors (Lipinski definition) is 0. The average molecular weight is 2010 g/mol. The highest BCUT2D eigenvalue weighted by atomic mass is 15.6. The largest absolute Gasteiger partial charge is 0.238 e. The van der Waals surface area contributed by atoms with Crippen LogP contribution >= 0.6 is 0 Å². The smallest absolute Gasteiger partial charge is 0.211 e. The molecule has 20 rings (SSSR count). The summed E-state index contributed by atoms with van der Waals surface area (Å²) in [6, 6.07) is 0. The Bertz CT molecular complexity index is 8590. The number of aryl methyl sites for hydroxylation is 12. The zero-order valence-corrected chi connectivity index (χ0v) is 100. The van der Waals surface area contributed by atoms with Gasteiger partial charge in [0.2, 0.25) is 5.66 Å². The molecule has 12 aromatic carbocycles. The van der Waals surface area contributed by atoms with Crippen LogP contribution in [0.4, 0.5) is 0 Å². The van der Waals surface area contributed by atoms with Crippen LogP contribution in [0, 0.1) is 324 Å². The summed E-state index contributed by atoms with van der Waals surface area (Å²) in [5.41, 5.74) is 88.3. The summed E-state index contributed by atoms with van der Waals surface area (Å²) >= 11 is 0. The van der Waals surface area contributed by atoms with E-state index < -0.39 is 5.66 Å². The van der Waals surface area contributed by atoms with Crippen LogP contribution in [0.5, 0.6) is 0 Å². The third kappa shape index (κ3) is 15.1. The molecule has 18 aromatic rings. The van der Waals surface area contributed by atoms with Crippen LogP contribution in [0.3, 0.4) is 0 Å². The van der Waals surface area contributed by atoms with E-state index in [2.05, 4.69) is 391 Å². The monoisotopic (exact) mass is 2010 g/mol. The predicted octanol–water partition coefficient (Wildman–Crippen LogP) is 32.9. The Labute approximate surface area is 895 Å². The minimum atomic E-state index is -1.08. The summed E-state index contributed by atoms with van der Waals surface area (Å²) in [7, 11) is 1.93. The third-order valence-corrected chi connectivity index (χ3v) is 39.9. The Morgan fingerprint density at radius 1 is 0.187 bits per heavy atom. The van der Waals surface area contributed by atoms with Gasteiger partial charge in [0, 0.05) is 29.2 Å². The molecule has 788 valence electrons. The van der Waals surface area contributed by atoms with E-state index in [0.717, 1.165) is 105 Å². The number of fused-ring (bicyclic) bond motifs is 12. The van der Waals surface area contributed by atoms with Gasteiger partial charge in [0.1, 0.15) is 49.7 Å². The SMILES string of the molecule is C.C.Cc1c(C)c(-n2nc3c(C)c(C)c(C)c(C)c3n2)c(C)c(C)c1-n1nc2c(C)c(C)c(C)c(C)c2n1.Cc1c(C)c(C)c(-c2c(C)c(C)c3c(c2C)C(n2nnc4c(C)c(C)c(C)c(C)c42)(n2nnc4c(C)c(C)c(C)c(C)c42)c2c(C)c(C)c(C)c(C)c2-3)c(C)c1C.Cc1c(C)c(C)c2c(c1C)-c1c(C)c(C)c(-c3c(C)c(C)c(C)c4nn(C)nc34)c(C)c1C2(C)C.Cc1c(C)c(C)c2c(nnn2C(C)(C)C(C)(C)C)c1C. The number of benzene rings is 12. The number of hydrogen-bond acceptors (Lipinski definition) is 12. The van der Waals surface area contributed by atoms with Crippen molar-refractivity contribution in [3.63, 3.8) is 0 Å². The molecule has 18 heteroatoms. The fraction of sp³-hybridized carbons (Fsp3) is 0.455. The first kappa shape index (κ1) is 111. The van der Waals surface area contributed by atoms with E-state index in [4.69, 9.17) is 51.2 Å². The van der Waals surface area contributed by atoms with E-state index in [1.54, 1.807) is 4.80 Å². The molecule has 0 saturated heterocycles. The van der Waals surface area contributed by atoms with Crippen molar-refractivity contribution in [2.75, 3.05) is 0 Å². The van der Waals surface area contributed by atoms with Gasteiger partial charge in [-0.05, 0) is 644 Å². The summed E-state index contributed by atoms with van der Waals surface area (Å²) in [6.07, 6.45) is 0. The lowest BCUT2D eigenvalue weighted by Gasteiger charge is -2.39. The maximum absolute atomic E-state index is 5.38. The standard InChI is InChI=1S/C51H60N6.C32H39N3.C30H36N6.C17H27N3.2CH4/c1-21-22(2)30(10)41(31(11)23(21)3)42-33(13)34(14)44-43-32(12)24(4)25(5)35(15)45(43)51(46(44)40(42)20,56-49-38(18)28(8)26(6)36(16)47(49)52-54-56)57-50-39(19)29(9)27(7)37(17)48(50)53-55-57;1-14-15(2)21(8)28-25(17(14)4)26-20(7)19(6)24(23(10)29(26)32(28,11)12)27-18(5)16(3)22(9)30-31(27)34-35(13)33-30;1-13-14(2)18(6)26-25(17(13)5)31-35(32-26)29-21(9)23(11)30(24(12)22(29)10)36-33-27-19(7)15(3)16(4)20(8)28(27)34-36;1-10-11(2)13(4)15-14(12(10)3)18-19-20(15)17(8,9)16(5,6)7;;/h1-20H3;1-13H3;1-12H3;1-9H3;2*1H4. The van der Waals surface area contributed by atoms with Crippen LogP contribution in [0.2, 0.25) is 0 Å². The average Bonchev–Trinajstić information content (AvgIpc) is 1.49. The quantitative estimate of drug-likeness (QED) is 0.147. The van der Waals surface area contributed by atoms with Crippen LogP contribution < -0.4 is 0 Å². The van der Waals surface area contributed by atoms with E-state index in [-0.39, 0.29) is 31.2 Å². The van der Waals surface area contributed by atoms with Gasteiger partial charge in [-0.15, -0.1) is 45.3 Å². The second kappa shape index (κ2) is 37.5. The third-order valence-electron chi connectivity index (χ3n) is 39.9. The first-order chi connectivity index (χ1) is 68.8. The maximum atomic E-state index is 5.38. The highest BCUT2D eigenvalue weighted by Gasteiger charge is 2.56. The van der Waals surface area contributed by atoms with Crippen LogP contribution in [-0.4, -0.2) is 90.0 Å². The van der Waals surface area contributed by atoms with E-state index in [1.165, 1.54) is 295 Å². The Hall–Kier alpha value is -13.0. The van der Waals surface area contributed by atoms with Crippen LogP contribution in [0.1, 0.15) is 341 Å². The molecule has 0 aliphatic heterocycles. The molecule has 0 fully saturated rings. The molecule has 2 aliphatic carbocycles. The molecule has 0 spiro atoms. The van der Waals surface area contributed by atoms with Gasteiger partial charge in [-0.1, -0.05) is 65.1 Å². The van der Waals surface area contributed by atoms with Gasteiger partial charge in [-0.3, -0.25) is 0 Å². The normalized spacial score (nSPS) is 13.0. The maximum Gasteiger partial charge on any atom is 0.211 e. The number of nitrogens with zero attached hydrogens (tertiary/aromatic N) is 18. The Balaban J connectivity index is 0.000000158. The molecule has 18 nitrogen and oxygen atoms in total. The highest BCUT2D eigenvalue weighted by Crippen LogP contribution is 2.63. The minimum absolute atomic E-state index is 0. The van der Waals surface area contributed by atoms with Crippen LogP contribution in [0.25, 0.3) is 122 Å². The molecule has 0 bridgehead atoms. The molecule has 0 unspecified atom stereocenters. The fourth-order valence-corrected chi connectivity index (χ4v) is 26.0. The summed E-state index contributed by atoms with van der Waals surface area (Å²) in [6.45, 7) is 119. The van der Waals surface area contributed by atoms with Crippen molar-refractivity contribution in [1.82, 2.24) is 90.0 Å². The van der Waals surface area contributed by atoms with Crippen molar-refractivity contribution in [1.29, 1.82) is 0 Å². The van der Waals surface area contributed by atoms with Gasteiger partial charge in [0.25, 0.3) is 0 Å². The van der Waals surface area contributed by atoms with E-state index >= 15 is 0 Å². The summed E-state index contributed by atoms with van der Waals surface area (Å²) in [5.74, 6) is 0. The first-order valence-corrected chi connectivity index (χ1v) is 53.4. The molecular formula is C132H170N18. The Kier molecular flexibility index (Phi) is 27.8.